The van der Waals surface area contributed by atoms with Gasteiger partial charge in [-0.3, -0.25) is 4.79 Å². The van der Waals surface area contributed by atoms with Gasteiger partial charge in [-0.25, -0.2) is 4.79 Å². The summed E-state index contributed by atoms with van der Waals surface area (Å²) in [6, 6.07) is 11.0. The summed E-state index contributed by atoms with van der Waals surface area (Å²) in [4.78, 5) is 21.8. The Labute approximate surface area is 120 Å². The first-order valence-electron chi connectivity index (χ1n) is 6.16. The second kappa shape index (κ2) is 5.92. The van der Waals surface area contributed by atoms with Crippen LogP contribution in [-0.4, -0.2) is 28.2 Å². The average Bonchev–Trinajstić information content (AvgIpc) is 2.46. The maximum absolute atomic E-state index is 11.1. The first kappa shape index (κ1) is 14.3. The third-order valence-corrected chi connectivity index (χ3v) is 3.05. The molecule has 1 atom stereocenters. The minimum atomic E-state index is -1.24. The van der Waals surface area contributed by atoms with Gasteiger partial charge in [0.1, 0.15) is 6.04 Å². The normalized spacial score (nSPS) is 11.6. The molecule has 0 saturated carbocycles. The van der Waals surface area contributed by atoms with Crippen molar-refractivity contribution in [2.24, 2.45) is 0 Å². The minimum Gasteiger partial charge on any atom is -0.481 e. The molecule has 3 N–H and O–H groups in total. The Balaban J connectivity index is 2.45. The molecule has 0 bridgehead atoms. The number of nitriles is 1. The molecule has 2 rings (SSSR count). The Bertz CT molecular complexity index is 749. The first-order valence-corrected chi connectivity index (χ1v) is 6.16. The molecule has 0 aliphatic rings. The van der Waals surface area contributed by atoms with Crippen LogP contribution in [0.25, 0.3) is 10.8 Å². The number of nitrogens with zero attached hydrogens (tertiary/aromatic N) is 1. The van der Waals surface area contributed by atoms with Crippen LogP contribution >= 0.6 is 0 Å². The molecule has 6 heteroatoms. The van der Waals surface area contributed by atoms with Crippen molar-refractivity contribution in [2.75, 3.05) is 5.32 Å². The van der Waals surface area contributed by atoms with Gasteiger partial charge in [0.15, 0.2) is 0 Å². The summed E-state index contributed by atoms with van der Waals surface area (Å²) in [6.45, 7) is 0. The Morgan fingerprint density at radius 3 is 2.38 bits per heavy atom. The van der Waals surface area contributed by atoms with Gasteiger partial charge in [0.05, 0.1) is 18.1 Å². The summed E-state index contributed by atoms with van der Waals surface area (Å²) in [7, 11) is 0. The van der Waals surface area contributed by atoms with Crippen LogP contribution in [0.2, 0.25) is 0 Å². The molecular weight excluding hydrogens is 272 g/mol. The predicted octanol–water partition coefficient (Wildman–Crippen LogP) is 2.05. The maximum Gasteiger partial charge on any atom is 0.326 e. The molecule has 0 saturated heterocycles. The van der Waals surface area contributed by atoms with Crippen molar-refractivity contribution in [3.63, 3.8) is 0 Å². The number of fused-ring (bicyclic) bond motifs is 1. The molecule has 2 aromatic rings. The van der Waals surface area contributed by atoms with Crippen LogP contribution in [0.4, 0.5) is 5.69 Å². The van der Waals surface area contributed by atoms with Gasteiger partial charge in [-0.05, 0) is 12.1 Å². The number of nitrogens with one attached hydrogen (secondary N) is 1. The number of aliphatic carboxylic acids is 2. The molecule has 1 unspecified atom stereocenters. The van der Waals surface area contributed by atoms with Crippen molar-refractivity contribution in [1.82, 2.24) is 0 Å². The molecule has 2 aromatic carbocycles. The van der Waals surface area contributed by atoms with E-state index < -0.39 is 24.4 Å². The Morgan fingerprint density at radius 2 is 1.81 bits per heavy atom. The topological polar surface area (TPSA) is 110 Å². The Kier molecular flexibility index (Phi) is 4.05. The van der Waals surface area contributed by atoms with Crippen LogP contribution in [0.1, 0.15) is 12.0 Å². The van der Waals surface area contributed by atoms with Gasteiger partial charge in [-0.2, -0.15) is 5.26 Å². The van der Waals surface area contributed by atoms with E-state index in [-0.39, 0.29) is 0 Å². The zero-order chi connectivity index (χ0) is 15.4. The molecule has 0 heterocycles. The monoisotopic (exact) mass is 284 g/mol. The molecule has 106 valence electrons. The molecule has 0 fully saturated rings. The van der Waals surface area contributed by atoms with Crippen LogP contribution in [-0.2, 0) is 9.59 Å². The van der Waals surface area contributed by atoms with E-state index in [1.807, 2.05) is 0 Å². The van der Waals surface area contributed by atoms with Crippen molar-refractivity contribution in [2.45, 2.75) is 12.5 Å². The molecule has 6 nitrogen and oxygen atoms in total. The Morgan fingerprint density at radius 1 is 1.14 bits per heavy atom. The van der Waals surface area contributed by atoms with Gasteiger partial charge in [0, 0.05) is 16.5 Å². The lowest BCUT2D eigenvalue weighted by Crippen LogP contribution is -2.31. The summed E-state index contributed by atoms with van der Waals surface area (Å²) in [5.74, 6) is -2.45. The van der Waals surface area contributed by atoms with Crippen LogP contribution in [0, 0.1) is 11.3 Å². The summed E-state index contributed by atoms with van der Waals surface area (Å²) in [5, 5.41) is 31.0. The largest absolute Gasteiger partial charge is 0.481 e. The summed E-state index contributed by atoms with van der Waals surface area (Å²) in [6.07, 6.45) is -0.538. The number of hydrogen-bond donors (Lipinski definition) is 3. The standard InChI is InChI=1S/C15H12N2O4/c16-8-9-5-6-12(11-4-2-1-3-10(9)11)17-13(15(20)21)7-14(18)19/h1-6,13,17H,7H2,(H,18,19)(H,20,21). The van der Waals surface area contributed by atoms with Gasteiger partial charge >= 0.3 is 11.9 Å². The second-order valence-corrected chi connectivity index (χ2v) is 4.45. The smallest absolute Gasteiger partial charge is 0.326 e. The fourth-order valence-electron chi connectivity index (χ4n) is 2.08. The predicted molar refractivity (Wildman–Crippen MR) is 76.0 cm³/mol. The van der Waals surface area contributed by atoms with Crippen molar-refractivity contribution < 1.29 is 19.8 Å². The molecule has 0 radical (unpaired) electrons. The fourth-order valence-corrected chi connectivity index (χ4v) is 2.08. The number of carboxylic acids is 2. The average molecular weight is 284 g/mol. The zero-order valence-electron chi connectivity index (χ0n) is 10.9. The van der Waals surface area contributed by atoms with Crippen molar-refractivity contribution in [3.05, 3.63) is 42.0 Å². The van der Waals surface area contributed by atoms with E-state index in [4.69, 9.17) is 15.5 Å². The van der Waals surface area contributed by atoms with E-state index >= 15 is 0 Å². The molecule has 0 aliphatic carbocycles. The van der Waals surface area contributed by atoms with E-state index in [1.54, 1.807) is 36.4 Å². The lowest BCUT2D eigenvalue weighted by Gasteiger charge is -2.16. The third kappa shape index (κ3) is 3.09. The number of benzene rings is 2. The number of carbonyl (C=O) groups is 2. The molecule has 0 spiro atoms. The van der Waals surface area contributed by atoms with Crippen molar-refractivity contribution >= 4 is 28.4 Å². The highest BCUT2D eigenvalue weighted by Crippen LogP contribution is 2.27. The van der Waals surface area contributed by atoms with E-state index in [0.717, 1.165) is 0 Å². The SMILES string of the molecule is N#Cc1ccc(NC(CC(=O)O)C(=O)O)c2ccccc12. The molecule has 0 aliphatic heterocycles. The molecule has 0 amide bonds. The number of rotatable bonds is 5. The van der Waals surface area contributed by atoms with Gasteiger partial charge in [-0.15, -0.1) is 0 Å². The van der Waals surface area contributed by atoms with E-state index in [2.05, 4.69) is 11.4 Å². The highest BCUT2D eigenvalue weighted by atomic mass is 16.4. The van der Waals surface area contributed by atoms with Crippen LogP contribution < -0.4 is 5.32 Å². The van der Waals surface area contributed by atoms with Gasteiger partial charge in [0.2, 0.25) is 0 Å². The summed E-state index contributed by atoms with van der Waals surface area (Å²) < 4.78 is 0. The van der Waals surface area contributed by atoms with E-state index in [0.29, 0.717) is 22.0 Å². The molecule has 21 heavy (non-hydrogen) atoms. The number of hydrogen-bond acceptors (Lipinski definition) is 4. The van der Waals surface area contributed by atoms with Crippen LogP contribution in [0.3, 0.4) is 0 Å². The highest BCUT2D eigenvalue weighted by Gasteiger charge is 2.21. The summed E-state index contributed by atoms with van der Waals surface area (Å²) >= 11 is 0. The number of anilines is 1. The minimum absolute atomic E-state index is 0.473. The second-order valence-electron chi connectivity index (χ2n) is 4.45. The van der Waals surface area contributed by atoms with Crippen LogP contribution in [0.15, 0.2) is 36.4 Å². The lowest BCUT2D eigenvalue weighted by atomic mass is 10.0. The highest BCUT2D eigenvalue weighted by molar-refractivity contribution is 5.98. The van der Waals surface area contributed by atoms with Gasteiger partial charge in [-0.1, -0.05) is 24.3 Å². The van der Waals surface area contributed by atoms with Crippen LogP contribution in [0.5, 0.6) is 0 Å². The van der Waals surface area contributed by atoms with Gasteiger partial charge in [0.25, 0.3) is 0 Å². The van der Waals surface area contributed by atoms with E-state index in [1.165, 1.54) is 0 Å². The summed E-state index contributed by atoms with van der Waals surface area (Å²) in [5.41, 5.74) is 0.958. The van der Waals surface area contributed by atoms with E-state index in [9.17, 15) is 9.59 Å². The Hall–Kier alpha value is -3.07. The lowest BCUT2D eigenvalue weighted by molar-refractivity contribution is -0.144. The first-order chi connectivity index (χ1) is 10.0. The van der Waals surface area contributed by atoms with Crippen molar-refractivity contribution in [1.29, 1.82) is 5.26 Å². The fraction of sp³-hybridized carbons (Fsp3) is 0.133. The number of carboxylic acid groups (broad SMARTS) is 2. The van der Waals surface area contributed by atoms with Gasteiger partial charge < -0.3 is 15.5 Å². The third-order valence-electron chi connectivity index (χ3n) is 3.05. The molecule has 0 aromatic heterocycles. The zero-order valence-corrected chi connectivity index (χ0v) is 10.9. The quantitative estimate of drug-likeness (QED) is 0.775. The van der Waals surface area contributed by atoms with Crippen molar-refractivity contribution in [3.8, 4) is 6.07 Å². The maximum atomic E-state index is 11.1. The molecular formula is C15H12N2O4.